The SMILES string of the molecule is CCCCCNC(=O)C1=NN(c2ccc(CCCCC)cc2)C(C)(C(=O)NCCCCC)C1. The molecule has 0 bridgehead atoms. The average molecular weight is 457 g/mol. The Bertz CT molecular complexity index is 775. The molecule has 0 aromatic heterocycles. The van der Waals surface area contributed by atoms with E-state index in [1.165, 1.54) is 24.8 Å². The Morgan fingerprint density at radius 1 is 0.879 bits per heavy atom. The van der Waals surface area contributed by atoms with Crippen molar-refractivity contribution in [3.8, 4) is 0 Å². The van der Waals surface area contributed by atoms with E-state index in [2.05, 4.69) is 48.6 Å². The molecule has 0 spiro atoms. The largest absolute Gasteiger partial charge is 0.354 e. The highest BCUT2D eigenvalue weighted by Gasteiger charge is 2.47. The van der Waals surface area contributed by atoms with Crippen LogP contribution in [0.5, 0.6) is 0 Å². The molecule has 0 saturated heterocycles. The summed E-state index contributed by atoms with van der Waals surface area (Å²) in [6.45, 7) is 9.66. The smallest absolute Gasteiger partial charge is 0.267 e. The number of hydrogen-bond acceptors (Lipinski definition) is 4. The molecule has 1 aliphatic heterocycles. The van der Waals surface area contributed by atoms with Crippen LogP contribution in [-0.2, 0) is 16.0 Å². The van der Waals surface area contributed by atoms with Crippen LogP contribution >= 0.6 is 0 Å². The van der Waals surface area contributed by atoms with E-state index in [0.29, 0.717) is 25.2 Å². The van der Waals surface area contributed by atoms with Crippen molar-refractivity contribution >= 4 is 23.2 Å². The van der Waals surface area contributed by atoms with Crippen molar-refractivity contribution < 1.29 is 9.59 Å². The van der Waals surface area contributed by atoms with Crippen LogP contribution in [0.2, 0.25) is 0 Å². The van der Waals surface area contributed by atoms with E-state index in [1.54, 1.807) is 5.01 Å². The molecule has 1 aromatic carbocycles. The van der Waals surface area contributed by atoms with Gasteiger partial charge in [0.15, 0.2) is 0 Å². The van der Waals surface area contributed by atoms with Crippen molar-refractivity contribution in [1.29, 1.82) is 0 Å². The molecular weight excluding hydrogens is 412 g/mol. The highest BCUT2D eigenvalue weighted by Crippen LogP contribution is 2.33. The highest BCUT2D eigenvalue weighted by molar-refractivity contribution is 6.40. The van der Waals surface area contributed by atoms with Gasteiger partial charge in [-0.15, -0.1) is 0 Å². The standard InChI is InChI=1S/C27H44N4O2/c1-5-8-11-14-22-15-17-23(18-16-22)31-27(4,26(33)29-20-13-10-7-3)21-24(30-31)25(32)28-19-12-9-6-2/h15-18H,5-14,19-21H2,1-4H3,(H,28,32)(H,29,33). The monoisotopic (exact) mass is 456 g/mol. The van der Waals surface area contributed by atoms with Gasteiger partial charge < -0.3 is 10.6 Å². The number of anilines is 1. The van der Waals surface area contributed by atoms with Crippen molar-refractivity contribution in [3.05, 3.63) is 29.8 Å². The molecule has 1 aromatic rings. The summed E-state index contributed by atoms with van der Waals surface area (Å²) < 4.78 is 0. The van der Waals surface area contributed by atoms with Gasteiger partial charge in [-0.3, -0.25) is 9.59 Å². The molecule has 2 N–H and O–H groups in total. The number of hydrogen-bond donors (Lipinski definition) is 2. The summed E-state index contributed by atoms with van der Waals surface area (Å²) in [5, 5.41) is 12.5. The first-order valence-electron chi connectivity index (χ1n) is 13.0. The van der Waals surface area contributed by atoms with Gasteiger partial charge in [0.05, 0.1) is 5.69 Å². The third-order valence-corrected chi connectivity index (χ3v) is 6.33. The van der Waals surface area contributed by atoms with Gasteiger partial charge in [0.25, 0.3) is 5.91 Å². The van der Waals surface area contributed by atoms with Gasteiger partial charge >= 0.3 is 0 Å². The van der Waals surface area contributed by atoms with Gasteiger partial charge in [-0.1, -0.05) is 71.4 Å². The third kappa shape index (κ3) is 7.86. The second kappa shape index (κ2) is 14.0. The minimum absolute atomic E-state index is 0.0804. The summed E-state index contributed by atoms with van der Waals surface area (Å²) in [5.74, 6) is -0.252. The van der Waals surface area contributed by atoms with E-state index in [-0.39, 0.29) is 11.8 Å². The fourth-order valence-corrected chi connectivity index (χ4v) is 4.14. The molecule has 6 heteroatoms. The number of unbranched alkanes of at least 4 members (excludes halogenated alkanes) is 6. The molecule has 0 radical (unpaired) electrons. The van der Waals surface area contributed by atoms with Gasteiger partial charge in [-0.2, -0.15) is 5.10 Å². The lowest BCUT2D eigenvalue weighted by Crippen LogP contribution is -2.53. The maximum atomic E-state index is 13.3. The van der Waals surface area contributed by atoms with Crippen molar-refractivity contribution in [2.75, 3.05) is 18.1 Å². The predicted molar refractivity (Wildman–Crippen MR) is 138 cm³/mol. The number of carbonyl (C=O) groups excluding carboxylic acids is 2. The van der Waals surface area contributed by atoms with Crippen LogP contribution in [-0.4, -0.2) is 36.2 Å². The van der Waals surface area contributed by atoms with E-state index in [9.17, 15) is 9.59 Å². The van der Waals surface area contributed by atoms with E-state index in [4.69, 9.17) is 0 Å². The molecule has 1 atom stereocenters. The lowest BCUT2D eigenvalue weighted by atomic mass is 9.93. The summed E-state index contributed by atoms with van der Waals surface area (Å²) in [4.78, 5) is 26.1. The number of nitrogens with zero attached hydrogens (tertiary/aromatic N) is 2. The lowest BCUT2D eigenvalue weighted by molar-refractivity contribution is -0.125. The van der Waals surface area contributed by atoms with Crippen LogP contribution in [0.15, 0.2) is 29.4 Å². The van der Waals surface area contributed by atoms with Crippen LogP contribution in [0.3, 0.4) is 0 Å². The second-order valence-corrected chi connectivity index (χ2v) is 9.36. The van der Waals surface area contributed by atoms with E-state index < -0.39 is 5.54 Å². The van der Waals surface area contributed by atoms with Crippen LogP contribution in [0.4, 0.5) is 5.69 Å². The molecule has 2 rings (SSSR count). The first-order valence-corrected chi connectivity index (χ1v) is 13.0. The molecule has 0 saturated carbocycles. The number of nitrogens with one attached hydrogen (secondary N) is 2. The molecule has 0 aliphatic carbocycles. The Labute approximate surface area is 200 Å². The molecule has 33 heavy (non-hydrogen) atoms. The molecule has 1 aliphatic rings. The molecule has 184 valence electrons. The fourth-order valence-electron chi connectivity index (χ4n) is 4.14. The topological polar surface area (TPSA) is 73.8 Å². The first-order chi connectivity index (χ1) is 16.0. The number of rotatable bonds is 15. The van der Waals surface area contributed by atoms with Crippen LogP contribution in [0, 0.1) is 0 Å². The number of amides is 2. The third-order valence-electron chi connectivity index (χ3n) is 6.33. The van der Waals surface area contributed by atoms with E-state index in [0.717, 1.165) is 50.6 Å². The summed E-state index contributed by atoms with van der Waals surface area (Å²) in [7, 11) is 0. The van der Waals surface area contributed by atoms with E-state index >= 15 is 0 Å². The normalized spacial score (nSPS) is 17.7. The first kappa shape index (κ1) is 26.9. The average Bonchev–Trinajstić information content (AvgIpc) is 3.19. The zero-order chi connectivity index (χ0) is 24.1. The van der Waals surface area contributed by atoms with Crippen molar-refractivity contribution in [2.45, 2.75) is 104 Å². The number of hydrazone groups is 1. The molecule has 2 amide bonds. The number of aryl methyl sites for hydroxylation is 1. The Balaban J connectivity index is 2.17. The Morgan fingerprint density at radius 3 is 2.06 bits per heavy atom. The van der Waals surface area contributed by atoms with Gasteiger partial charge in [0.2, 0.25) is 5.91 Å². The number of carbonyl (C=O) groups is 2. The summed E-state index contributed by atoms with van der Waals surface area (Å²) in [6.07, 6.45) is 11.2. The van der Waals surface area contributed by atoms with Gasteiger partial charge in [-0.25, -0.2) is 5.01 Å². The minimum Gasteiger partial charge on any atom is -0.354 e. The van der Waals surface area contributed by atoms with E-state index in [1.807, 2.05) is 19.1 Å². The highest BCUT2D eigenvalue weighted by atomic mass is 16.2. The van der Waals surface area contributed by atoms with Crippen molar-refractivity contribution in [2.24, 2.45) is 5.10 Å². The van der Waals surface area contributed by atoms with Crippen LogP contribution < -0.4 is 15.6 Å². The molecular formula is C27H44N4O2. The summed E-state index contributed by atoms with van der Waals surface area (Å²) >= 11 is 0. The Morgan fingerprint density at radius 2 is 1.45 bits per heavy atom. The minimum atomic E-state index is -0.925. The molecule has 1 heterocycles. The van der Waals surface area contributed by atoms with Crippen LogP contribution in [0.1, 0.15) is 97.5 Å². The maximum Gasteiger partial charge on any atom is 0.267 e. The number of benzene rings is 1. The second-order valence-electron chi connectivity index (χ2n) is 9.36. The quantitative estimate of drug-likeness (QED) is 0.349. The molecule has 1 unspecified atom stereocenters. The van der Waals surface area contributed by atoms with Gasteiger partial charge in [-0.05, 0) is 50.3 Å². The Hall–Kier alpha value is -2.37. The predicted octanol–water partition coefficient (Wildman–Crippen LogP) is 5.36. The zero-order valence-electron chi connectivity index (χ0n) is 21.2. The van der Waals surface area contributed by atoms with Gasteiger partial charge in [0.1, 0.15) is 11.3 Å². The van der Waals surface area contributed by atoms with Crippen molar-refractivity contribution in [1.82, 2.24) is 10.6 Å². The zero-order valence-corrected chi connectivity index (χ0v) is 21.2. The van der Waals surface area contributed by atoms with Crippen molar-refractivity contribution in [3.63, 3.8) is 0 Å². The summed E-state index contributed by atoms with van der Waals surface area (Å²) in [5.41, 5.74) is 1.63. The Kier molecular flexibility index (Phi) is 11.4. The molecule has 0 fully saturated rings. The fraction of sp³-hybridized carbons (Fsp3) is 0.667. The summed E-state index contributed by atoms with van der Waals surface area (Å²) in [6, 6.07) is 8.27. The lowest BCUT2D eigenvalue weighted by Gasteiger charge is -2.33. The maximum absolute atomic E-state index is 13.3. The molecule has 6 nitrogen and oxygen atoms in total. The van der Waals surface area contributed by atoms with Crippen LogP contribution in [0.25, 0.3) is 0 Å². The van der Waals surface area contributed by atoms with Gasteiger partial charge in [0, 0.05) is 19.5 Å².